The van der Waals surface area contributed by atoms with Gasteiger partial charge in [-0.15, -0.1) is 0 Å². The Balaban J connectivity index is 2.04. The standard InChI is InChI=1S/C15H11N3OS/c1-9-3-2-4-10(8-16)14(9)20-15-18-12-7-11(17)5-6-13(12)19-15/h2-7H,17H2,1H3. The van der Waals surface area contributed by atoms with E-state index in [0.29, 0.717) is 22.1 Å². The number of aryl methyl sites for hydroxylation is 1. The van der Waals surface area contributed by atoms with Gasteiger partial charge >= 0.3 is 0 Å². The van der Waals surface area contributed by atoms with Crippen LogP contribution in [0.4, 0.5) is 5.69 Å². The van der Waals surface area contributed by atoms with E-state index in [2.05, 4.69) is 11.1 Å². The van der Waals surface area contributed by atoms with Gasteiger partial charge in [-0.3, -0.25) is 0 Å². The third-order valence-electron chi connectivity index (χ3n) is 2.91. The largest absolute Gasteiger partial charge is 0.431 e. The summed E-state index contributed by atoms with van der Waals surface area (Å²) in [5.74, 6) is 0. The first-order valence-electron chi connectivity index (χ1n) is 6.01. The van der Waals surface area contributed by atoms with Crippen LogP contribution >= 0.6 is 11.8 Å². The molecule has 0 unspecified atom stereocenters. The predicted octanol–water partition coefficient (Wildman–Crippen LogP) is 3.74. The molecule has 2 N–H and O–H groups in total. The zero-order valence-corrected chi connectivity index (χ0v) is 11.6. The van der Waals surface area contributed by atoms with Crippen molar-refractivity contribution in [2.24, 2.45) is 0 Å². The first kappa shape index (κ1) is 12.6. The van der Waals surface area contributed by atoms with Gasteiger partial charge in [0, 0.05) is 10.6 Å². The minimum atomic E-state index is 0.511. The van der Waals surface area contributed by atoms with Crippen molar-refractivity contribution in [3.63, 3.8) is 0 Å². The number of nitrogens with zero attached hydrogens (tertiary/aromatic N) is 2. The van der Waals surface area contributed by atoms with Crippen molar-refractivity contribution >= 4 is 28.5 Å². The second-order valence-corrected chi connectivity index (χ2v) is 5.33. The summed E-state index contributed by atoms with van der Waals surface area (Å²) >= 11 is 1.36. The van der Waals surface area contributed by atoms with Gasteiger partial charge in [-0.25, -0.2) is 4.98 Å². The van der Waals surface area contributed by atoms with Crippen molar-refractivity contribution in [2.75, 3.05) is 5.73 Å². The van der Waals surface area contributed by atoms with Crippen LogP contribution in [0.25, 0.3) is 11.1 Å². The number of aromatic nitrogens is 1. The average molecular weight is 281 g/mol. The van der Waals surface area contributed by atoms with Crippen LogP contribution in [0.5, 0.6) is 0 Å². The highest BCUT2D eigenvalue weighted by Gasteiger charge is 2.12. The highest BCUT2D eigenvalue weighted by molar-refractivity contribution is 7.99. The van der Waals surface area contributed by atoms with Gasteiger partial charge in [0.25, 0.3) is 5.22 Å². The molecule has 3 rings (SSSR count). The summed E-state index contributed by atoms with van der Waals surface area (Å²) in [5, 5.41) is 9.68. The van der Waals surface area contributed by atoms with Gasteiger partial charge in [-0.05, 0) is 48.5 Å². The first-order chi connectivity index (χ1) is 9.67. The zero-order chi connectivity index (χ0) is 14.1. The fraction of sp³-hybridized carbons (Fsp3) is 0.0667. The SMILES string of the molecule is Cc1cccc(C#N)c1Sc1nc2cc(N)ccc2o1. The number of hydrogen-bond donors (Lipinski definition) is 1. The number of nitrogens with two attached hydrogens (primary N) is 1. The van der Waals surface area contributed by atoms with E-state index in [-0.39, 0.29) is 0 Å². The van der Waals surface area contributed by atoms with E-state index >= 15 is 0 Å². The third kappa shape index (κ3) is 2.22. The quantitative estimate of drug-likeness (QED) is 0.724. The van der Waals surface area contributed by atoms with Crippen LogP contribution in [0.2, 0.25) is 0 Å². The molecule has 98 valence electrons. The molecule has 1 heterocycles. The van der Waals surface area contributed by atoms with Crippen molar-refractivity contribution < 1.29 is 4.42 Å². The van der Waals surface area contributed by atoms with Gasteiger partial charge in [0.05, 0.1) is 5.56 Å². The Bertz CT molecular complexity index is 833. The molecule has 0 bridgehead atoms. The molecule has 3 aromatic rings. The number of nitrogen functional groups attached to an aromatic ring is 1. The van der Waals surface area contributed by atoms with Crippen molar-refractivity contribution in [3.8, 4) is 6.07 Å². The number of benzene rings is 2. The molecule has 0 saturated heterocycles. The molecular weight excluding hydrogens is 270 g/mol. The maximum absolute atomic E-state index is 9.17. The molecule has 0 saturated carbocycles. The predicted molar refractivity (Wildman–Crippen MR) is 78.4 cm³/mol. The fourth-order valence-electron chi connectivity index (χ4n) is 1.93. The maximum Gasteiger partial charge on any atom is 0.261 e. The van der Waals surface area contributed by atoms with Gasteiger partial charge < -0.3 is 10.2 Å². The van der Waals surface area contributed by atoms with Crippen molar-refractivity contribution in [1.29, 1.82) is 5.26 Å². The number of rotatable bonds is 2. The minimum Gasteiger partial charge on any atom is -0.431 e. The second kappa shape index (κ2) is 4.91. The molecule has 0 amide bonds. The van der Waals surface area contributed by atoms with Crippen LogP contribution < -0.4 is 5.73 Å². The number of oxazole rings is 1. The van der Waals surface area contributed by atoms with Crippen molar-refractivity contribution in [3.05, 3.63) is 47.5 Å². The summed E-state index contributed by atoms with van der Waals surface area (Å²) in [6.07, 6.45) is 0. The van der Waals surface area contributed by atoms with E-state index in [1.165, 1.54) is 11.8 Å². The molecule has 4 nitrogen and oxygen atoms in total. The number of fused-ring (bicyclic) bond motifs is 1. The number of nitriles is 1. The second-order valence-electron chi connectivity index (χ2n) is 4.37. The van der Waals surface area contributed by atoms with Gasteiger partial charge in [0.2, 0.25) is 0 Å². The summed E-state index contributed by atoms with van der Waals surface area (Å²) < 4.78 is 5.67. The van der Waals surface area contributed by atoms with Crippen LogP contribution in [0.15, 0.2) is 50.9 Å². The van der Waals surface area contributed by atoms with Gasteiger partial charge in [-0.1, -0.05) is 12.1 Å². The molecule has 2 aromatic carbocycles. The van der Waals surface area contributed by atoms with Crippen LogP contribution in [0.3, 0.4) is 0 Å². The Labute approximate surface area is 120 Å². The molecule has 0 aliphatic rings. The molecule has 0 spiro atoms. The Morgan fingerprint density at radius 1 is 1.30 bits per heavy atom. The van der Waals surface area contributed by atoms with Crippen molar-refractivity contribution in [1.82, 2.24) is 4.98 Å². The first-order valence-corrected chi connectivity index (χ1v) is 6.82. The molecule has 0 atom stereocenters. The Kier molecular flexibility index (Phi) is 3.09. The molecule has 0 radical (unpaired) electrons. The summed E-state index contributed by atoms with van der Waals surface area (Å²) in [6, 6.07) is 13.1. The van der Waals surface area contributed by atoms with E-state index in [1.807, 2.05) is 19.1 Å². The Morgan fingerprint density at radius 3 is 2.95 bits per heavy atom. The van der Waals surface area contributed by atoms with Crippen molar-refractivity contribution in [2.45, 2.75) is 17.0 Å². The van der Waals surface area contributed by atoms with Gasteiger partial charge in [0.1, 0.15) is 11.6 Å². The normalized spacial score (nSPS) is 10.6. The molecule has 5 heteroatoms. The van der Waals surface area contributed by atoms with E-state index in [0.717, 1.165) is 16.0 Å². The maximum atomic E-state index is 9.17. The van der Waals surface area contributed by atoms with E-state index in [1.54, 1.807) is 24.3 Å². The Morgan fingerprint density at radius 2 is 2.15 bits per heavy atom. The van der Waals surface area contributed by atoms with E-state index in [9.17, 15) is 0 Å². The topological polar surface area (TPSA) is 75.8 Å². The number of anilines is 1. The lowest BCUT2D eigenvalue weighted by Crippen LogP contribution is -1.85. The van der Waals surface area contributed by atoms with Crippen LogP contribution in [0, 0.1) is 18.3 Å². The van der Waals surface area contributed by atoms with Gasteiger partial charge in [0.15, 0.2) is 5.58 Å². The summed E-state index contributed by atoms with van der Waals surface area (Å²) in [7, 11) is 0. The molecular formula is C15H11N3OS. The lowest BCUT2D eigenvalue weighted by molar-refractivity contribution is 0.489. The van der Waals surface area contributed by atoms with Gasteiger partial charge in [-0.2, -0.15) is 5.26 Å². The molecule has 1 aromatic heterocycles. The summed E-state index contributed by atoms with van der Waals surface area (Å²) in [5.41, 5.74) is 9.43. The smallest absolute Gasteiger partial charge is 0.261 e. The lowest BCUT2D eigenvalue weighted by Gasteiger charge is -2.03. The third-order valence-corrected chi connectivity index (χ3v) is 4.01. The highest BCUT2D eigenvalue weighted by atomic mass is 32.2. The molecule has 0 aliphatic carbocycles. The highest BCUT2D eigenvalue weighted by Crippen LogP contribution is 2.34. The van der Waals surface area contributed by atoms with Crippen LogP contribution in [-0.4, -0.2) is 4.98 Å². The molecule has 20 heavy (non-hydrogen) atoms. The van der Waals surface area contributed by atoms with E-state index in [4.69, 9.17) is 15.4 Å². The lowest BCUT2D eigenvalue weighted by atomic mass is 10.1. The summed E-state index contributed by atoms with van der Waals surface area (Å²) in [4.78, 5) is 5.26. The summed E-state index contributed by atoms with van der Waals surface area (Å²) in [6.45, 7) is 1.96. The zero-order valence-electron chi connectivity index (χ0n) is 10.8. The minimum absolute atomic E-state index is 0.511. The molecule has 0 fully saturated rings. The molecule has 0 aliphatic heterocycles. The monoisotopic (exact) mass is 281 g/mol. The average Bonchev–Trinajstić information content (AvgIpc) is 2.82. The van der Waals surface area contributed by atoms with Crippen LogP contribution in [0.1, 0.15) is 11.1 Å². The fourth-order valence-corrected chi connectivity index (χ4v) is 2.83. The number of hydrogen-bond acceptors (Lipinski definition) is 5. The van der Waals surface area contributed by atoms with E-state index < -0.39 is 0 Å². The van der Waals surface area contributed by atoms with Crippen LogP contribution in [-0.2, 0) is 0 Å². The Hall–Kier alpha value is -2.45.